The fourth-order valence-corrected chi connectivity index (χ4v) is 1.23. The number of aliphatic carboxylic acids is 1. The summed E-state index contributed by atoms with van der Waals surface area (Å²) in [6.45, 7) is -1.49. The Labute approximate surface area is 74.7 Å². The van der Waals surface area contributed by atoms with Gasteiger partial charge in [0.15, 0.2) is 0 Å². The first-order valence-corrected chi connectivity index (χ1v) is 3.90. The number of hydrogen-bond donors (Lipinski definition) is 3. The lowest BCUT2D eigenvalue weighted by atomic mass is 10.1. The van der Waals surface area contributed by atoms with Crippen molar-refractivity contribution in [2.45, 2.75) is 18.6 Å². The minimum atomic E-state index is -1.87. The summed E-state index contributed by atoms with van der Waals surface area (Å²) >= 11 is 0. The molecule has 1 fully saturated rings. The fourth-order valence-electron chi connectivity index (χ4n) is 1.23. The molecule has 1 aliphatic rings. The van der Waals surface area contributed by atoms with Crippen molar-refractivity contribution in [3.05, 3.63) is 0 Å². The van der Waals surface area contributed by atoms with Crippen LogP contribution < -0.4 is 0 Å². The minimum absolute atomic E-state index is 0.288. The lowest BCUT2D eigenvalue weighted by Crippen LogP contribution is -2.47. The summed E-state index contributed by atoms with van der Waals surface area (Å²) in [6.07, 6.45) is 1.32. The maximum atomic E-state index is 10.8. The molecule has 0 radical (unpaired) electrons. The maximum Gasteiger partial charge on any atom is 0.364 e. The molecule has 0 aromatic carbocycles. The molecule has 0 aromatic heterocycles. The zero-order valence-electron chi connectivity index (χ0n) is 6.97. The average Bonchev–Trinajstić information content (AvgIpc) is 2.85. The van der Waals surface area contributed by atoms with Gasteiger partial charge in [0.05, 0.1) is 0 Å². The first kappa shape index (κ1) is 10.4. The third-order valence-corrected chi connectivity index (χ3v) is 1.97. The van der Waals surface area contributed by atoms with Gasteiger partial charge in [-0.05, 0) is 12.8 Å². The lowest BCUT2D eigenvalue weighted by Gasteiger charge is -2.27. The number of carboxylic acids is 1. The first-order chi connectivity index (χ1) is 6.17. The molecule has 6 nitrogen and oxygen atoms in total. The molecule has 0 atom stereocenters. The summed E-state index contributed by atoms with van der Waals surface area (Å²) in [5.41, 5.74) is 0. The van der Waals surface area contributed by atoms with Crippen molar-refractivity contribution in [2.75, 3.05) is 13.6 Å². The van der Waals surface area contributed by atoms with Gasteiger partial charge in [0.2, 0.25) is 0 Å². The van der Waals surface area contributed by atoms with Crippen molar-refractivity contribution < 1.29 is 29.6 Å². The molecule has 0 saturated heterocycles. The van der Waals surface area contributed by atoms with Crippen LogP contribution in [-0.4, -0.2) is 40.7 Å². The van der Waals surface area contributed by atoms with E-state index in [0.717, 1.165) is 0 Å². The van der Waals surface area contributed by atoms with Gasteiger partial charge in [0, 0.05) is 5.92 Å². The summed E-state index contributed by atoms with van der Waals surface area (Å²) in [5, 5.41) is 25.8. The topological polar surface area (TPSA) is 96.2 Å². The molecule has 3 N–H and O–H groups in total. The zero-order chi connectivity index (χ0) is 9.90. The highest BCUT2D eigenvalue weighted by atomic mass is 16.8. The normalized spacial score (nSPS) is 17.4. The second-order valence-electron chi connectivity index (χ2n) is 2.79. The van der Waals surface area contributed by atoms with Crippen LogP contribution in [0.15, 0.2) is 0 Å². The SMILES string of the molecule is O=C(O)C(OCO)(OCO)C1CC1. The third-order valence-electron chi connectivity index (χ3n) is 1.97. The van der Waals surface area contributed by atoms with Gasteiger partial charge < -0.3 is 24.8 Å². The molecule has 0 unspecified atom stereocenters. The Morgan fingerprint density at radius 3 is 2.00 bits per heavy atom. The molecule has 0 aromatic rings. The predicted octanol–water partition coefficient (Wildman–Crippen LogP) is -0.890. The second kappa shape index (κ2) is 4.01. The molecule has 0 spiro atoms. The van der Waals surface area contributed by atoms with E-state index in [4.69, 9.17) is 15.3 Å². The Hall–Kier alpha value is -0.690. The number of rotatable bonds is 6. The van der Waals surface area contributed by atoms with Gasteiger partial charge in [-0.1, -0.05) is 0 Å². The van der Waals surface area contributed by atoms with Crippen molar-refractivity contribution in [2.24, 2.45) is 5.92 Å². The standard InChI is InChI=1S/C7H12O6/c8-3-12-7(6(10)11,13-4-9)5-1-2-5/h5,8-9H,1-4H2,(H,10,11). The fraction of sp³-hybridized carbons (Fsp3) is 0.857. The van der Waals surface area contributed by atoms with E-state index < -0.39 is 25.3 Å². The maximum absolute atomic E-state index is 10.8. The number of aliphatic hydroxyl groups is 2. The van der Waals surface area contributed by atoms with Crippen molar-refractivity contribution in [3.8, 4) is 0 Å². The summed E-state index contributed by atoms with van der Waals surface area (Å²) in [4.78, 5) is 10.8. The Bertz CT molecular complexity index is 181. The third kappa shape index (κ3) is 1.97. The van der Waals surface area contributed by atoms with Crippen molar-refractivity contribution >= 4 is 5.97 Å². The molecular weight excluding hydrogens is 180 g/mol. The molecule has 0 amide bonds. The van der Waals surface area contributed by atoms with E-state index in [1.54, 1.807) is 0 Å². The number of ether oxygens (including phenoxy) is 2. The van der Waals surface area contributed by atoms with Gasteiger partial charge in [-0.15, -0.1) is 0 Å². The van der Waals surface area contributed by atoms with Gasteiger partial charge in [-0.2, -0.15) is 0 Å². The van der Waals surface area contributed by atoms with E-state index >= 15 is 0 Å². The van der Waals surface area contributed by atoms with Gasteiger partial charge in [-0.25, -0.2) is 4.79 Å². The van der Waals surface area contributed by atoms with Crippen LogP contribution in [0.25, 0.3) is 0 Å². The van der Waals surface area contributed by atoms with Crippen molar-refractivity contribution in [1.82, 2.24) is 0 Å². The monoisotopic (exact) mass is 192 g/mol. The van der Waals surface area contributed by atoms with Crippen LogP contribution in [0.3, 0.4) is 0 Å². The largest absolute Gasteiger partial charge is 0.477 e. The number of aliphatic hydroxyl groups excluding tert-OH is 2. The average molecular weight is 192 g/mol. The zero-order valence-corrected chi connectivity index (χ0v) is 6.97. The predicted molar refractivity (Wildman–Crippen MR) is 39.4 cm³/mol. The quantitative estimate of drug-likeness (QED) is 0.472. The Morgan fingerprint density at radius 2 is 1.77 bits per heavy atom. The molecule has 0 heterocycles. The molecule has 1 saturated carbocycles. The summed E-state index contributed by atoms with van der Waals surface area (Å²) in [6, 6.07) is 0. The van der Waals surface area contributed by atoms with Crippen LogP contribution >= 0.6 is 0 Å². The molecule has 0 aliphatic heterocycles. The van der Waals surface area contributed by atoms with E-state index in [1.807, 2.05) is 0 Å². The molecular formula is C7H12O6. The van der Waals surface area contributed by atoms with E-state index in [0.29, 0.717) is 12.8 Å². The van der Waals surface area contributed by atoms with Crippen molar-refractivity contribution in [1.29, 1.82) is 0 Å². The van der Waals surface area contributed by atoms with Gasteiger partial charge in [0.25, 0.3) is 5.79 Å². The molecule has 1 aliphatic carbocycles. The summed E-state index contributed by atoms with van der Waals surface area (Å²) in [7, 11) is 0. The van der Waals surface area contributed by atoms with E-state index in [9.17, 15) is 4.79 Å². The molecule has 76 valence electrons. The van der Waals surface area contributed by atoms with Gasteiger partial charge >= 0.3 is 5.97 Å². The molecule has 1 rings (SSSR count). The number of carboxylic acid groups (broad SMARTS) is 1. The highest BCUT2D eigenvalue weighted by Crippen LogP contribution is 2.42. The Morgan fingerprint density at radius 1 is 1.31 bits per heavy atom. The van der Waals surface area contributed by atoms with Crippen LogP contribution in [0.2, 0.25) is 0 Å². The molecule has 13 heavy (non-hydrogen) atoms. The van der Waals surface area contributed by atoms with Crippen molar-refractivity contribution in [3.63, 3.8) is 0 Å². The summed E-state index contributed by atoms with van der Waals surface area (Å²) < 4.78 is 9.26. The highest BCUT2D eigenvalue weighted by Gasteiger charge is 2.54. The first-order valence-electron chi connectivity index (χ1n) is 3.90. The van der Waals surface area contributed by atoms with E-state index in [-0.39, 0.29) is 5.92 Å². The summed E-state index contributed by atoms with van der Waals surface area (Å²) in [5.74, 6) is -3.48. The number of hydrogen-bond acceptors (Lipinski definition) is 5. The second-order valence-corrected chi connectivity index (χ2v) is 2.79. The van der Waals surface area contributed by atoms with Gasteiger partial charge in [-0.3, -0.25) is 0 Å². The lowest BCUT2D eigenvalue weighted by molar-refractivity contribution is -0.291. The van der Waals surface area contributed by atoms with E-state index in [2.05, 4.69) is 9.47 Å². The van der Waals surface area contributed by atoms with Crippen LogP contribution in [0, 0.1) is 5.92 Å². The van der Waals surface area contributed by atoms with Gasteiger partial charge in [0.1, 0.15) is 13.6 Å². The van der Waals surface area contributed by atoms with E-state index in [1.165, 1.54) is 0 Å². The van der Waals surface area contributed by atoms with Crippen LogP contribution in [-0.2, 0) is 14.3 Å². The van der Waals surface area contributed by atoms with Crippen LogP contribution in [0.1, 0.15) is 12.8 Å². The molecule has 0 bridgehead atoms. The minimum Gasteiger partial charge on any atom is -0.477 e. The highest BCUT2D eigenvalue weighted by molar-refractivity contribution is 5.76. The molecule has 6 heteroatoms. The van der Waals surface area contributed by atoms with Crippen LogP contribution in [0.4, 0.5) is 0 Å². The Kier molecular flexibility index (Phi) is 3.21. The smallest absolute Gasteiger partial charge is 0.364 e. The number of carbonyl (C=O) groups is 1. The van der Waals surface area contributed by atoms with Crippen LogP contribution in [0.5, 0.6) is 0 Å². The Balaban J connectivity index is 2.72.